The maximum Gasteiger partial charge on any atom is 0.248 e. The monoisotopic (exact) mass is 811 g/mol. The number of carbonyl (C=O) groups is 2. The van der Waals surface area contributed by atoms with E-state index in [1.54, 1.807) is 0 Å². The van der Waals surface area contributed by atoms with Gasteiger partial charge < -0.3 is 11.5 Å². The molecule has 8 rings (SSSR count). The first-order valence-corrected chi connectivity index (χ1v) is 22.6. The summed E-state index contributed by atoms with van der Waals surface area (Å²) in [5, 5.41) is 0. The van der Waals surface area contributed by atoms with Crippen molar-refractivity contribution >= 4 is 11.8 Å². The molecule has 7 atom stereocenters. The van der Waals surface area contributed by atoms with Crippen LogP contribution < -0.4 is 11.5 Å². The van der Waals surface area contributed by atoms with Crippen LogP contribution in [0.15, 0.2) is 109 Å². The zero-order valence-electron chi connectivity index (χ0n) is 36.9. The molecule has 2 amide bonds. The van der Waals surface area contributed by atoms with E-state index in [4.69, 9.17) is 11.5 Å². The van der Waals surface area contributed by atoms with Gasteiger partial charge in [-0.05, 0) is 120 Å². The van der Waals surface area contributed by atoms with Crippen molar-refractivity contribution in [2.24, 2.45) is 29.2 Å². The van der Waals surface area contributed by atoms with Crippen LogP contribution >= 0.6 is 0 Å². The van der Waals surface area contributed by atoms with E-state index < -0.39 is 0 Å². The molecule has 4 aromatic carbocycles. The van der Waals surface area contributed by atoms with Crippen molar-refractivity contribution in [1.29, 1.82) is 0 Å². The number of amides is 2. The van der Waals surface area contributed by atoms with Crippen molar-refractivity contribution < 1.29 is 9.59 Å². The van der Waals surface area contributed by atoms with E-state index in [0.717, 1.165) is 58.7 Å². The van der Waals surface area contributed by atoms with E-state index in [9.17, 15) is 9.59 Å². The van der Waals surface area contributed by atoms with Crippen LogP contribution in [0.25, 0.3) is 0 Å². The second-order valence-corrected chi connectivity index (χ2v) is 19.2. The van der Waals surface area contributed by atoms with Crippen LogP contribution in [-0.4, -0.2) is 95.9 Å². The van der Waals surface area contributed by atoms with Crippen LogP contribution in [0.4, 0.5) is 0 Å². The lowest BCUT2D eigenvalue weighted by Gasteiger charge is -2.50. The summed E-state index contributed by atoms with van der Waals surface area (Å²) in [6, 6.07) is 38.9. The second-order valence-electron chi connectivity index (χ2n) is 19.2. The zero-order valence-corrected chi connectivity index (χ0v) is 36.9. The second kappa shape index (κ2) is 19.1. The molecule has 60 heavy (non-hydrogen) atoms. The SMILES string of the molecule is CC1CN(Cc2ccccc2)CCC1N1CC[C@@](C)(c2cccc(C(N)=O)c2)[C@@H](C)C1.C[C@H]1CN(C2CCN(Cc3ccccc3)C2)CC[C@@]1(C)c1cccc(C(N)=O)c1. The van der Waals surface area contributed by atoms with Gasteiger partial charge in [-0.1, -0.05) is 120 Å². The Labute approximate surface area is 360 Å². The van der Waals surface area contributed by atoms with E-state index >= 15 is 0 Å². The van der Waals surface area contributed by atoms with Gasteiger partial charge in [-0.2, -0.15) is 0 Å². The molecule has 320 valence electrons. The number of hydrogen-bond donors (Lipinski definition) is 2. The average Bonchev–Trinajstić information content (AvgIpc) is 3.72. The first-order chi connectivity index (χ1) is 28.8. The highest BCUT2D eigenvalue weighted by Gasteiger charge is 2.43. The van der Waals surface area contributed by atoms with Gasteiger partial charge in [-0.25, -0.2) is 0 Å². The van der Waals surface area contributed by atoms with Crippen LogP contribution in [0.5, 0.6) is 0 Å². The molecule has 4 aliphatic heterocycles. The van der Waals surface area contributed by atoms with Gasteiger partial charge in [0.2, 0.25) is 11.8 Å². The molecule has 4 heterocycles. The van der Waals surface area contributed by atoms with Gasteiger partial charge in [0.1, 0.15) is 0 Å². The first-order valence-electron chi connectivity index (χ1n) is 22.6. The van der Waals surface area contributed by atoms with E-state index in [2.05, 4.69) is 127 Å². The lowest BCUT2D eigenvalue weighted by Crippen LogP contribution is -2.56. The fourth-order valence-electron chi connectivity index (χ4n) is 10.9. The highest BCUT2D eigenvalue weighted by molar-refractivity contribution is 5.93. The number of primary amides is 2. The van der Waals surface area contributed by atoms with Crippen LogP contribution in [0.2, 0.25) is 0 Å². The lowest BCUT2D eigenvalue weighted by molar-refractivity contribution is 0.0135. The van der Waals surface area contributed by atoms with Crippen LogP contribution in [-0.2, 0) is 23.9 Å². The fourth-order valence-corrected chi connectivity index (χ4v) is 10.9. The van der Waals surface area contributed by atoms with Gasteiger partial charge in [0, 0.05) is 69.0 Å². The Morgan fingerprint density at radius 2 is 1.03 bits per heavy atom. The van der Waals surface area contributed by atoms with Crippen molar-refractivity contribution in [3.63, 3.8) is 0 Å². The topological polar surface area (TPSA) is 99.1 Å². The molecule has 4 aromatic rings. The Morgan fingerprint density at radius 1 is 0.567 bits per heavy atom. The zero-order chi connectivity index (χ0) is 42.4. The maximum atomic E-state index is 11.7. The largest absolute Gasteiger partial charge is 0.366 e. The molecule has 4 saturated heterocycles. The van der Waals surface area contributed by atoms with Gasteiger partial charge in [0.25, 0.3) is 0 Å². The molecule has 4 fully saturated rings. The molecule has 0 aromatic heterocycles. The Hall–Kier alpha value is -4.34. The van der Waals surface area contributed by atoms with Crippen molar-refractivity contribution in [2.45, 2.75) is 96.3 Å². The summed E-state index contributed by atoms with van der Waals surface area (Å²) < 4.78 is 0. The van der Waals surface area contributed by atoms with E-state index in [0.29, 0.717) is 41.0 Å². The number of benzene rings is 4. The van der Waals surface area contributed by atoms with Gasteiger partial charge in [0.05, 0.1) is 0 Å². The number of hydrogen-bond acceptors (Lipinski definition) is 6. The van der Waals surface area contributed by atoms with Gasteiger partial charge >= 0.3 is 0 Å². The minimum Gasteiger partial charge on any atom is -0.366 e. The Balaban J connectivity index is 0.000000182. The number of piperidine rings is 3. The number of likely N-dealkylation sites (tertiary alicyclic amines) is 4. The fraction of sp³-hybridized carbons (Fsp3) is 0.500. The molecule has 0 radical (unpaired) electrons. The smallest absolute Gasteiger partial charge is 0.248 e. The summed E-state index contributed by atoms with van der Waals surface area (Å²) in [4.78, 5) is 33.9. The number of nitrogens with two attached hydrogens (primary N) is 2. The number of carbonyl (C=O) groups excluding carboxylic acids is 2. The third kappa shape index (κ3) is 10.1. The standard InChI is InChI=1S/C27H37N3O.C25H33N3O/c1-20-17-29(19-22-8-5-4-6-9-22)14-12-25(20)30-15-13-27(3,21(2)18-30)24-11-7-10-23(16-24)26(28)31;1-19-16-28(23-11-13-27(18-23)17-20-7-4-3-5-8-20)14-12-25(19,2)22-10-6-9-21(15-22)24(26)29/h4-11,16,20-21,25H,12-15,17-19H2,1-3H3,(H2,28,31);3-10,15,19,23H,11-14,16-18H2,1-2H3,(H2,26,29)/t20?,21-,25?,27+;19-,23?,25+/m00/s1. The summed E-state index contributed by atoms with van der Waals surface area (Å²) in [5.41, 5.74) is 17.8. The van der Waals surface area contributed by atoms with Crippen LogP contribution in [0, 0.1) is 17.8 Å². The van der Waals surface area contributed by atoms with Gasteiger partial charge in [-0.3, -0.25) is 29.2 Å². The van der Waals surface area contributed by atoms with E-state index in [1.807, 2.05) is 36.4 Å². The van der Waals surface area contributed by atoms with Crippen LogP contribution in [0.3, 0.4) is 0 Å². The Kier molecular flexibility index (Phi) is 14.0. The minimum atomic E-state index is -0.343. The molecule has 4 N–H and O–H groups in total. The van der Waals surface area contributed by atoms with Crippen molar-refractivity contribution in [3.05, 3.63) is 143 Å². The molecule has 3 unspecified atom stereocenters. The maximum absolute atomic E-state index is 11.7. The lowest BCUT2D eigenvalue weighted by atomic mass is 9.67. The molecular weight excluding hydrogens is 741 g/mol. The van der Waals surface area contributed by atoms with Crippen molar-refractivity contribution in [2.75, 3.05) is 52.4 Å². The highest BCUT2D eigenvalue weighted by Crippen LogP contribution is 2.42. The van der Waals surface area contributed by atoms with Crippen LogP contribution in [0.1, 0.15) is 103 Å². The predicted octanol–water partition coefficient (Wildman–Crippen LogP) is 7.96. The summed E-state index contributed by atoms with van der Waals surface area (Å²) in [7, 11) is 0. The molecule has 8 heteroatoms. The third-order valence-electron chi connectivity index (χ3n) is 15.3. The predicted molar refractivity (Wildman–Crippen MR) is 245 cm³/mol. The molecule has 8 nitrogen and oxygen atoms in total. The third-order valence-corrected chi connectivity index (χ3v) is 15.3. The van der Waals surface area contributed by atoms with E-state index in [-0.39, 0.29) is 22.6 Å². The summed E-state index contributed by atoms with van der Waals surface area (Å²) in [5.74, 6) is 1.05. The quantitative estimate of drug-likeness (QED) is 0.169. The average molecular weight is 811 g/mol. The Bertz CT molecular complexity index is 2040. The number of nitrogens with zero attached hydrogens (tertiary/aromatic N) is 4. The Morgan fingerprint density at radius 3 is 1.52 bits per heavy atom. The molecule has 0 aliphatic carbocycles. The summed E-state index contributed by atoms with van der Waals surface area (Å²) >= 11 is 0. The summed E-state index contributed by atoms with van der Waals surface area (Å²) in [6.07, 6.45) is 4.74. The number of rotatable bonds is 10. The normalized spacial score (nSPS) is 29.4. The molecule has 4 aliphatic rings. The van der Waals surface area contributed by atoms with E-state index in [1.165, 1.54) is 54.7 Å². The van der Waals surface area contributed by atoms with Gasteiger partial charge in [-0.15, -0.1) is 0 Å². The summed E-state index contributed by atoms with van der Waals surface area (Å²) in [6.45, 7) is 23.1. The molecular formula is C52H70N6O2. The molecule has 0 spiro atoms. The minimum absolute atomic E-state index is 0.0825. The van der Waals surface area contributed by atoms with Crippen molar-refractivity contribution in [1.82, 2.24) is 19.6 Å². The first kappa shape index (κ1) is 43.7. The molecule has 0 bridgehead atoms. The van der Waals surface area contributed by atoms with Crippen molar-refractivity contribution in [3.8, 4) is 0 Å². The van der Waals surface area contributed by atoms with Gasteiger partial charge in [0.15, 0.2) is 0 Å². The highest BCUT2D eigenvalue weighted by atomic mass is 16.1. The molecule has 0 saturated carbocycles.